The molecule has 0 unspecified atom stereocenters. The van der Waals surface area contributed by atoms with Gasteiger partial charge in [0.2, 0.25) is 0 Å². The molecule has 2 heterocycles. The zero-order valence-corrected chi connectivity index (χ0v) is 15.6. The molecule has 2 N–H and O–H groups in total. The molecule has 30 heavy (non-hydrogen) atoms. The first-order valence-electron chi connectivity index (χ1n) is 8.99. The summed E-state index contributed by atoms with van der Waals surface area (Å²) in [6, 6.07) is 19.6. The Hall–Kier alpha value is -4.17. The molecule has 0 bridgehead atoms. The number of aliphatic hydroxyl groups is 1. The minimum atomic E-state index is -0.489. The molecule has 8 heteroatoms. The third kappa shape index (κ3) is 3.98. The van der Waals surface area contributed by atoms with Crippen molar-refractivity contribution in [3.05, 3.63) is 94.4 Å². The highest BCUT2D eigenvalue weighted by Gasteiger charge is 2.15. The number of hydrogen-bond acceptors (Lipinski definition) is 6. The Morgan fingerprint density at radius 2 is 1.67 bits per heavy atom. The van der Waals surface area contributed by atoms with Crippen molar-refractivity contribution in [3.63, 3.8) is 0 Å². The minimum absolute atomic E-state index is 0.0577. The summed E-state index contributed by atoms with van der Waals surface area (Å²) in [6.45, 7) is -0.171. The first-order valence-corrected chi connectivity index (χ1v) is 8.99. The number of aliphatic hydroxyl groups excluding tert-OH is 1. The lowest BCUT2D eigenvalue weighted by molar-refractivity contribution is -0.384. The maximum Gasteiger partial charge on any atom is 0.291 e. The van der Waals surface area contributed by atoms with Gasteiger partial charge in [-0.15, -0.1) is 0 Å². The Labute approximate surface area is 170 Å². The van der Waals surface area contributed by atoms with Crippen LogP contribution in [0.1, 0.15) is 16.3 Å². The van der Waals surface area contributed by atoms with Gasteiger partial charge in [-0.3, -0.25) is 14.9 Å². The molecule has 0 saturated heterocycles. The van der Waals surface area contributed by atoms with Gasteiger partial charge in [-0.1, -0.05) is 12.1 Å². The number of benzene rings is 2. The number of carbonyl (C=O) groups excluding carboxylic acids is 1. The number of non-ortho nitro benzene ring substituents is 1. The summed E-state index contributed by atoms with van der Waals surface area (Å²) in [7, 11) is 0. The largest absolute Gasteiger partial charge is 0.459 e. The lowest BCUT2D eigenvalue weighted by atomic mass is 10.1. The van der Waals surface area contributed by atoms with Gasteiger partial charge in [0.1, 0.15) is 23.9 Å². The first kappa shape index (κ1) is 19.2. The number of nitro benzene ring substituents is 1. The van der Waals surface area contributed by atoms with Gasteiger partial charge >= 0.3 is 0 Å². The minimum Gasteiger partial charge on any atom is -0.459 e. The maximum atomic E-state index is 12.5. The standard InChI is InChI=1S/C22H16N2O6/c25-13-18-8-9-19(29-18)14-4-6-16(7-5-14)23-22(26)21-11-10-20(30-21)15-2-1-3-17(12-15)24(27)28/h1-12,25H,13H2,(H,23,26). The van der Waals surface area contributed by atoms with Crippen LogP contribution in [0, 0.1) is 10.1 Å². The van der Waals surface area contributed by atoms with Crippen LogP contribution in [0.15, 0.2) is 81.6 Å². The third-order valence-corrected chi connectivity index (χ3v) is 4.42. The molecule has 0 spiro atoms. The molecule has 0 atom stereocenters. The Morgan fingerprint density at radius 1 is 0.933 bits per heavy atom. The van der Waals surface area contributed by atoms with Gasteiger partial charge < -0.3 is 19.3 Å². The quantitative estimate of drug-likeness (QED) is 0.350. The van der Waals surface area contributed by atoms with Crippen LogP contribution in [0.2, 0.25) is 0 Å². The SMILES string of the molecule is O=C(Nc1ccc(-c2ccc(CO)o2)cc1)c1ccc(-c2cccc([N+](=O)[O-])c2)o1. The number of hydrogen-bond donors (Lipinski definition) is 2. The van der Waals surface area contributed by atoms with Crippen LogP contribution in [0.3, 0.4) is 0 Å². The number of nitro groups is 1. The topological polar surface area (TPSA) is 119 Å². The van der Waals surface area contributed by atoms with E-state index in [0.717, 1.165) is 5.56 Å². The predicted octanol–water partition coefficient (Wildman–Crippen LogP) is 4.86. The molecule has 4 aromatic rings. The van der Waals surface area contributed by atoms with E-state index in [-0.39, 0.29) is 18.1 Å². The van der Waals surface area contributed by atoms with Crippen molar-refractivity contribution in [1.29, 1.82) is 0 Å². The molecule has 1 amide bonds. The van der Waals surface area contributed by atoms with Gasteiger partial charge in [0.25, 0.3) is 11.6 Å². The number of amides is 1. The van der Waals surface area contributed by atoms with Crippen molar-refractivity contribution in [2.75, 3.05) is 5.32 Å². The zero-order chi connectivity index (χ0) is 21.1. The molecule has 0 saturated carbocycles. The highest BCUT2D eigenvalue weighted by atomic mass is 16.6. The molecule has 150 valence electrons. The predicted molar refractivity (Wildman–Crippen MR) is 109 cm³/mol. The van der Waals surface area contributed by atoms with Gasteiger partial charge in [-0.2, -0.15) is 0 Å². The third-order valence-electron chi connectivity index (χ3n) is 4.42. The number of nitrogens with zero attached hydrogens (tertiary/aromatic N) is 1. The molecule has 2 aromatic heterocycles. The number of carbonyl (C=O) groups is 1. The second-order valence-corrected chi connectivity index (χ2v) is 6.43. The van der Waals surface area contributed by atoms with E-state index in [1.165, 1.54) is 18.2 Å². The molecule has 2 aromatic carbocycles. The molecular formula is C22H16N2O6. The second-order valence-electron chi connectivity index (χ2n) is 6.43. The monoisotopic (exact) mass is 404 g/mol. The van der Waals surface area contributed by atoms with Gasteiger partial charge in [-0.25, -0.2) is 0 Å². The summed E-state index contributed by atoms with van der Waals surface area (Å²) in [5.41, 5.74) is 1.82. The summed E-state index contributed by atoms with van der Waals surface area (Å²) in [5.74, 6) is 1.08. The molecule has 0 fully saturated rings. The van der Waals surface area contributed by atoms with Crippen LogP contribution < -0.4 is 5.32 Å². The van der Waals surface area contributed by atoms with Gasteiger partial charge in [-0.05, 0) is 48.5 Å². The molecule has 0 radical (unpaired) electrons. The summed E-state index contributed by atoms with van der Waals surface area (Å²) >= 11 is 0. The van der Waals surface area contributed by atoms with E-state index in [1.807, 2.05) is 0 Å². The Morgan fingerprint density at radius 3 is 2.37 bits per heavy atom. The van der Waals surface area contributed by atoms with Crippen LogP contribution >= 0.6 is 0 Å². The molecule has 0 aliphatic heterocycles. The van der Waals surface area contributed by atoms with E-state index in [0.29, 0.717) is 28.5 Å². The number of anilines is 1. The van der Waals surface area contributed by atoms with E-state index in [9.17, 15) is 14.9 Å². The molecular weight excluding hydrogens is 388 g/mol. The van der Waals surface area contributed by atoms with Gasteiger partial charge in [0, 0.05) is 28.9 Å². The van der Waals surface area contributed by atoms with E-state index in [2.05, 4.69) is 5.32 Å². The van der Waals surface area contributed by atoms with Crippen LogP contribution in [0.25, 0.3) is 22.6 Å². The zero-order valence-electron chi connectivity index (χ0n) is 15.6. The van der Waals surface area contributed by atoms with Crippen molar-refractivity contribution in [2.45, 2.75) is 6.61 Å². The number of furan rings is 2. The van der Waals surface area contributed by atoms with Crippen molar-refractivity contribution in [1.82, 2.24) is 0 Å². The van der Waals surface area contributed by atoms with E-state index < -0.39 is 10.8 Å². The van der Waals surface area contributed by atoms with Crippen LogP contribution in [-0.2, 0) is 6.61 Å². The number of rotatable bonds is 6. The van der Waals surface area contributed by atoms with Crippen molar-refractivity contribution in [3.8, 4) is 22.6 Å². The Bertz CT molecular complexity index is 1210. The van der Waals surface area contributed by atoms with E-state index >= 15 is 0 Å². The molecule has 0 aliphatic rings. The van der Waals surface area contributed by atoms with Crippen molar-refractivity contribution >= 4 is 17.3 Å². The Balaban J connectivity index is 1.47. The fourth-order valence-electron chi connectivity index (χ4n) is 2.92. The summed E-state index contributed by atoms with van der Waals surface area (Å²) in [6.07, 6.45) is 0. The summed E-state index contributed by atoms with van der Waals surface area (Å²) in [4.78, 5) is 22.9. The maximum absolute atomic E-state index is 12.5. The normalized spacial score (nSPS) is 10.7. The summed E-state index contributed by atoms with van der Waals surface area (Å²) < 4.78 is 11.1. The lowest BCUT2D eigenvalue weighted by Gasteiger charge is -2.04. The van der Waals surface area contributed by atoms with E-state index in [1.54, 1.807) is 54.6 Å². The summed E-state index contributed by atoms with van der Waals surface area (Å²) in [5, 5.41) is 22.7. The Kier molecular flexibility index (Phi) is 5.15. The van der Waals surface area contributed by atoms with Crippen LogP contribution in [0.5, 0.6) is 0 Å². The van der Waals surface area contributed by atoms with Crippen LogP contribution in [0.4, 0.5) is 11.4 Å². The van der Waals surface area contributed by atoms with Crippen molar-refractivity contribution < 1.29 is 23.7 Å². The van der Waals surface area contributed by atoms with Crippen molar-refractivity contribution in [2.24, 2.45) is 0 Å². The van der Waals surface area contributed by atoms with Crippen LogP contribution in [-0.4, -0.2) is 15.9 Å². The highest BCUT2D eigenvalue weighted by Crippen LogP contribution is 2.27. The first-order chi connectivity index (χ1) is 14.5. The molecule has 4 rings (SSSR count). The highest BCUT2D eigenvalue weighted by molar-refractivity contribution is 6.02. The molecule has 0 aliphatic carbocycles. The second kappa shape index (κ2) is 8.06. The molecule has 8 nitrogen and oxygen atoms in total. The fourth-order valence-corrected chi connectivity index (χ4v) is 2.92. The average molecular weight is 404 g/mol. The smallest absolute Gasteiger partial charge is 0.291 e. The van der Waals surface area contributed by atoms with Gasteiger partial charge in [0.15, 0.2) is 5.76 Å². The fraction of sp³-hybridized carbons (Fsp3) is 0.0455. The number of nitrogens with one attached hydrogen (secondary N) is 1. The lowest BCUT2D eigenvalue weighted by Crippen LogP contribution is -2.10. The van der Waals surface area contributed by atoms with Gasteiger partial charge in [0.05, 0.1) is 4.92 Å². The average Bonchev–Trinajstić information content (AvgIpc) is 3.44. The van der Waals surface area contributed by atoms with E-state index in [4.69, 9.17) is 13.9 Å².